The largest absolute Gasteiger partial charge is 0.465 e. The average Bonchev–Trinajstić information content (AvgIpc) is 3.08. The van der Waals surface area contributed by atoms with Crippen LogP contribution in [0.2, 0.25) is 0 Å². The number of furan rings is 1. The molecule has 0 unspecified atom stereocenters. The number of nitrogens with zero attached hydrogens (tertiary/aromatic N) is 2. The number of para-hydroxylation sites is 2. The van der Waals surface area contributed by atoms with Crippen LogP contribution in [-0.2, 0) is 4.79 Å². The molecule has 1 aliphatic heterocycles. The molecule has 1 N–H and O–H groups in total. The SMILES string of the molecule is CN1CCN(c2ccccc2NC(=O)C=Cc2ccco2)CC1. The Kier molecular flexibility index (Phi) is 4.78. The molecule has 1 aromatic heterocycles. The maximum Gasteiger partial charge on any atom is 0.248 e. The van der Waals surface area contributed by atoms with Gasteiger partial charge in [-0.15, -0.1) is 0 Å². The lowest BCUT2D eigenvalue weighted by atomic mass is 10.2. The Morgan fingerprint density at radius 3 is 2.65 bits per heavy atom. The molecule has 1 aromatic carbocycles. The highest BCUT2D eigenvalue weighted by atomic mass is 16.3. The highest BCUT2D eigenvalue weighted by Gasteiger charge is 2.17. The van der Waals surface area contributed by atoms with Gasteiger partial charge in [0.05, 0.1) is 17.6 Å². The Hall–Kier alpha value is -2.53. The van der Waals surface area contributed by atoms with Gasteiger partial charge in [-0.1, -0.05) is 12.1 Å². The first kappa shape index (κ1) is 15.4. The van der Waals surface area contributed by atoms with E-state index in [9.17, 15) is 4.79 Å². The van der Waals surface area contributed by atoms with E-state index >= 15 is 0 Å². The summed E-state index contributed by atoms with van der Waals surface area (Å²) in [5.74, 6) is 0.496. The molecular weight excluding hydrogens is 290 g/mol. The fourth-order valence-electron chi connectivity index (χ4n) is 2.62. The summed E-state index contributed by atoms with van der Waals surface area (Å²) in [6.07, 6.45) is 4.73. The third kappa shape index (κ3) is 4.02. The number of amides is 1. The fourth-order valence-corrected chi connectivity index (χ4v) is 2.62. The van der Waals surface area contributed by atoms with Crippen molar-refractivity contribution in [1.29, 1.82) is 0 Å². The van der Waals surface area contributed by atoms with Crippen molar-refractivity contribution in [3.05, 3.63) is 54.5 Å². The quantitative estimate of drug-likeness (QED) is 0.882. The second kappa shape index (κ2) is 7.15. The van der Waals surface area contributed by atoms with Crippen LogP contribution in [-0.4, -0.2) is 44.0 Å². The molecule has 120 valence electrons. The van der Waals surface area contributed by atoms with Crippen LogP contribution >= 0.6 is 0 Å². The summed E-state index contributed by atoms with van der Waals surface area (Å²) in [7, 11) is 2.13. The summed E-state index contributed by atoms with van der Waals surface area (Å²) in [5.41, 5.74) is 1.91. The van der Waals surface area contributed by atoms with Crippen molar-refractivity contribution in [2.24, 2.45) is 0 Å². The van der Waals surface area contributed by atoms with E-state index in [1.165, 1.54) is 6.08 Å². The predicted molar refractivity (Wildman–Crippen MR) is 92.5 cm³/mol. The predicted octanol–water partition coefficient (Wildman–Crippen LogP) is 2.68. The van der Waals surface area contributed by atoms with Crippen LogP contribution in [0.4, 0.5) is 11.4 Å². The van der Waals surface area contributed by atoms with Gasteiger partial charge in [0.25, 0.3) is 0 Å². The zero-order valence-electron chi connectivity index (χ0n) is 13.2. The molecule has 2 aromatic rings. The zero-order valence-corrected chi connectivity index (χ0v) is 13.2. The van der Waals surface area contributed by atoms with E-state index in [0.717, 1.165) is 37.6 Å². The first-order chi connectivity index (χ1) is 11.2. The molecule has 23 heavy (non-hydrogen) atoms. The number of hydrogen-bond donors (Lipinski definition) is 1. The smallest absolute Gasteiger partial charge is 0.248 e. The molecule has 5 heteroatoms. The van der Waals surface area contributed by atoms with Gasteiger partial charge in [0.2, 0.25) is 5.91 Å². The monoisotopic (exact) mass is 311 g/mol. The van der Waals surface area contributed by atoms with Gasteiger partial charge in [0.15, 0.2) is 0 Å². The minimum atomic E-state index is -0.164. The van der Waals surface area contributed by atoms with Gasteiger partial charge in [-0.3, -0.25) is 4.79 Å². The van der Waals surface area contributed by atoms with Crippen LogP contribution in [0.1, 0.15) is 5.76 Å². The number of anilines is 2. The first-order valence-electron chi connectivity index (χ1n) is 7.77. The maximum absolute atomic E-state index is 12.1. The molecule has 0 spiro atoms. The third-order valence-corrected chi connectivity index (χ3v) is 3.95. The van der Waals surface area contributed by atoms with E-state index in [0.29, 0.717) is 5.76 Å². The normalized spacial score (nSPS) is 16.0. The van der Waals surface area contributed by atoms with Crippen LogP contribution in [0, 0.1) is 0 Å². The van der Waals surface area contributed by atoms with E-state index in [-0.39, 0.29) is 5.91 Å². The van der Waals surface area contributed by atoms with Crippen molar-refractivity contribution in [2.75, 3.05) is 43.4 Å². The average molecular weight is 311 g/mol. The van der Waals surface area contributed by atoms with E-state index in [1.54, 1.807) is 18.4 Å². The summed E-state index contributed by atoms with van der Waals surface area (Å²) >= 11 is 0. The number of benzene rings is 1. The summed E-state index contributed by atoms with van der Waals surface area (Å²) in [6, 6.07) is 11.5. The molecule has 0 bridgehead atoms. The fraction of sp³-hybridized carbons (Fsp3) is 0.278. The number of nitrogens with one attached hydrogen (secondary N) is 1. The van der Waals surface area contributed by atoms with Crippen molar-refractivity contribution in [3.63, 3.8) is 0 Å². The van der Waals surface area contributed by atoms with E-state index in [4.69, 9.17) is 4.42 Å². The first-order valence-corrected chi connectivity index (χ1v) is 7.77. The van der Waals surface area contributed by atoms with Crippen molar-refractivity contribution in [3.8, 4) is 0 Å². The van der Waals surface area contributed by atoms with Crippen LogP contribution < -0.4 is 10.2 Å². The Bertz CT molecular complexity index is 671. The lowest BCUT2D eigenvalue weighted by Crippen LogP contribution is -2.44. The molecule has 0 saturated carbocycles. The number of carbonyl (C=O) groups excluding carboxylic acids is 1. The third-order valence-electron chi connectivity index (χ3n) is 3.95. The minimum Gasteiger partial charge on any atom is -0.465 e. The number of rotatable bonds is 4. The van der Waals surface area contributed by atoms with Crippen LogP contribution in [0.25, 0.3) is 6.08 Å². The molecule has 1 aliphatic rings. The van der Waals surface area contributed by atoms with Gasteiger partial charge in [-0.05, 0) is 37.4 Å². The summed E-state index contributed by atoms with van der Waals surface area (Å²) < 4.78 is 5.18. The lowest BCUT2D eigenvalue weighted by molar-refractivity contribution is -0.111. The van der Waals surface area contributed by atoms with Gasteiger partial charge < -0.3 is 19.5 Å². The topological polar surface area (TPSA) is 48.7 Å². The summed E-state index contributed by atoms with van der Waals surface area (Å²) in [4.78, 5) is 16.7. The van der Waals surface area contributed by atoms with Gasteiger partial charge in [0, 0.05) is 32.3 Å². The number of piperazine rings is 1. The molecule has 1 saturated heterocycles. The Morgan fingerprint density at radius 1 is 1.13 bits per heavy atom. The highest BCUT2D eigenvalue weighted by Crippen LogP contribution is 2.26. The summed E-state index contributed by atoms with van der Waals surface area (Å²) in [6.45, 7) is 3.98. The molecule has 1 amide bonds. The van der Waals surface area contributed by atoms with Crippen LogP contribution in [0.15, 0.2) is 53.2 Å². The Morgan fingerprint density at radius 2 is 1.91 bits per heavy atom. The van der Waals surface area contributed by atoms with Crippen LogP contribution in [0.3, 0.4) is 0 Å². The molecule has 5 nitrogen and oxygen atoms in total. The van der Waals surface area contributed by atoms with Gasteiger partial charge in [-0.2, -0.15) is 0 Å². The number of carbonyl (C=O) groups is 1. The second-order valence-corrected chi connectivity index (χ2v) is 5.65. The van der Waals surface area contributed by atoms with Crippen molar-refractivity contribution in [2.45, 2.75) is 0 Å². The molecule has 3 rings (SSSR count). The summed E-state index contributed by atoms with van der Waals surface area (Å²) in [5, 5.41) is 2.96. The number of hydrogen-bond acceptors (Lipinski definition) is 4. The molecule has 0 aliphatic carbocycles. The lowest BCUT2D eigenvalue weighted by Gasteiger charge is -2.35. The van der Waals surface area contributed by atoms with E-state index in [2.05, 4.69) is 28.2 Å². The standard InChI is InChI=1S/C18H21N3O2/c1-20-10-12-21(13-11-20)17-7-3-2-6-16(17)19-18(22)9-8-15-5-4-14-23-15/h2-9,14H,10-13H2,1H3,(H,19,22). The zero-order chi connectivity index (χ0) is 16.1. The van der Waals surface area contributed by atoms with Crippen molar-refractivity contribution >= 4 is 23.4 Å². The van der Waals surface area contributed by atoms with Gasteiger partial charge in [-0.25, -0.2) is 0 Å². The van der Waals surface area contributed by atoms with Crippen molar-refractivity contribution in [1.82, 2.24) is 4.90 Å². The van der Waals surface area contributed by atoms with E-state index < -0.39 is 0 Å². The molecule has 1 fully saturated rings. The van der Waals surface area contributed by atoms with E-state index in [1.807, 2.05) is 24.3 Å². The second-order valence-electron chi connectivity index (χ2n) is 5.65. The maximum atomic E-state index is 12.1. The van der Waals surface area contributed by atoms with Crippen molar-refractivity contribution < 1.29 is 9.21 Å². The number of likely N-dealkylation sites (N-methyl/N-ethyl adjacent to an activating group) is 1. The molecule has 0 radical (unpaired) electrons. The Labute approximate surface area is 136 Å². The van der Waals surface area contributed by atoms with Crippen LogP contribution in [0.5, 0.6) is 0 Å². The van der Waals surface area contributed by atoms with Gasteiger partial charge in [0.1, 0.15) is 5.76 Å². The van der Waals surface area contributed by atoms with Gasteiger partial charge >= 0.3 is 0 Å². The molecule has 2 heterocycles. The Balaban J connectivity index is 1.69. The molecule has 0 atom stereocenters. The minimum absolute atomic E-state index is 0.164. The highest BCUT2D eigenvalue weighted by molar-refractivity contribution is 6.03. The molecular formula is C18H21N3O2.